The standard InChI is InChI=1S/C28H31NO6/c1-5-34-28(31)25-17(2)29-22-7-6-8-23(30)27(22)26(25)18-9-10-19(24(15-18)33-4)16-35-21-13-11-20(32-3)12-14-21/h9-15,25-26,29H,2,5-8,16H2,1,3-4H3. The van der Waals surface area contributed by atoms with Gasteiger partial charge in [-0.15, -0.1) is 0 Å². The largest absolute Gasteiger partial charge is 0.497 e. The van der Waals surface area contributed by atoms with Crippen molar-refractivity contribution in [2.45, 2.75) is 38.7 Å². The first-order chi connectivity index (χ1) is 17.0. The third kappa shape index (κ3) is 5.04. The monoisotopic (exact) mass is 477 g/mol. The van der Waals surface area contributed by atoms with Gasteiger partial charge in [0.15, 0.2) is 5.78 Å². The highest BCUT2D eigenvalue weighted by molar-refractivity contribution is 6.00. The van der Waals surface area contributed by atoms with Crippen molar-refractivity contribution in [3.8, 4) is 17.2 Å². The molecule has 4 rings (SSSR count). The molecule has 0 aromatic heterocycles. The number of hydrogen-bond acceptors (Lipinski definition) is 7. The fourth-order valence-corrected chi connectivity index (χ4v) is 4.77. The van der Waals surface area contributed by atoms with Gasteiger partial charge in [-0.3, -0.25) is 9.59 Å². The Balaban J connectivity index is 1.67. The molecule has 184 valence electrons. The van der Waals surface area contributed by atoms with E-state index in [0.717, 1.165) is 35.4 Å². The van der Waals surface area contributed by atoms with Crippen molar-refractivity contribution in [2.75, 3.05) is 20.8 Å². The highest BCUT2D eigenvalue weighted by Gasteiger charge is 2.44. The Hall–Kier alpha value is -3.74. The second kappa shape index (κ2) is 10.7. The molecule has 0 radical (unpaired) electrons. The van der Waals surface area contributed by atoms with Gasteiger partial charge in [-0.25, -0.2) is 0 Å². The smallest absolute Gasteiger partial charge is 0.315 e. The SMILES string of the molecule is C=C1NC2=C(C(=O)CCC2)C(c2ccc(COc3ccc(OC)cc3)c(OC)c2)C1C(=O)OCC. The molecule has 0 saturated carbocycles. The number of nitrogens with one attached hydrogen (secondary N) is 1. The minimum atomic E-state index is -0.707. The topological polar surface area (TPSA) is 83.1 Å². The molecule has 0 bridgehead atoms. The summed E-state index contributed by atoms with van der Waals surface area (Å²) in [6, 6.07) is 13.1. The molecule has 1 heterocycles. The van der Waals surface area contributed by atoms with Gasteiger partial charge < -0.3 is 24.3 Å². The minimum absolute atomic E-state index is 0.0523. The maximum absolute atomic E-state index is 13.0. The second-order valence-corrected chi connectivity index (χ2v) is 8.56. The van der Waals surface area contributed by atoms with Crippen LogP contribution in [0.3, 0.4) is 0 Å². The number of rotatable bonds is 8. The molecule has 35 heavy (non-hydrogen) atoms. The van der Waals surface area contributed by atoms with Crippen LogP contribution in [0.25, 0.3) is 0 Å². The Kier molecular flexibility index (Phi) is 7.44. The quantitative estimate of drug-likeness (QED) is 0.553. The van der Waals surface area contributed by atoms with Crippen LogP contribution in [-0.4, -0.2) is 32.6 Å². The van der Waals surface area contributed by atoms with Gasteiger partial charge in [0.25, 0.3) is 0 Å². The highest BCUT2D eigenvalue weighted by Crippen LogP contribution is 2.45. The summed E-state index contributed by atoms with van der Waals surface area (Å²) in [5.74, 6) is 0.537. The molecule has 0 saturated heterocycles. The van der Waals surface area contributed by atoms with Crippen LogP contribution in [0.15, 0.2) is 66.0 Å². The summed E-state index contributed by atoms with van der Waals surface area (Å²) in [7, 11) is 3.21. The van der Waals surface area contributed by atoms with Gasteiger partial charge in [-0.2, -0.15) is 0 Å². The molecule has 0 fully saturated rings. The fourth-order valence-electron chi connectivity index (χ4n) is 4.77. The molecule has 1 N–H and O–H groups in total. The van der Waals surface area contributed by atoms with Gasteiger partial charge in [-0.1, -0.05) is 18.7 Å². The van der Waals surface area contributed by atoms with E-state index in [1.807, 2.05) is 42.5 Å². The molecule has 2 atom stereocenters. The minimum Gasteiger partial charge on any atom is -0.497 e. The van der Waals surface area contributed by atoms with Gasteiger partial charge in [0.2, 0.25) is 0 Å². The number of benzene rings is 2. The molecule has 1 aliphatic heterocycles. The summed E-state index contributed by atoms with van der Waals surface area (Å²) < 4.78 is 22.2. The van der Waals surface area contributed by atoms with Crippen molar-refractivity contribution in [3.63, 3.8) is 0 Å². The number of allylic oxidation sites excluding steroid dienone is 2. The van der Waals surface area contributed by atoms with Crippen LogP contribution in [0.4, 0.5) is 0 Å². The first kappa shape index (κ1) is 24.4. The number of carbonyl (C=O) groups excluding carboxylic acids is 2. The Labute approximate surface area is 205 Å². The summed E-state index contributed by atoms with van der Waals surface area (Å²) in [6.07, 6.45) is 1.99. The predicted molar refractivity (Wildman–Crippen MR) is 131 cm³/mol. The predicted octanol–water partition coefficient (Wildman–Crippen LogP) is 4.67. The molecule has 7 nitrogen and oxygen atoms in total. The number of ether oxygens (including phenoxy) is 4. The van der Waals surface area contributed by atoms with Gasteiger partial charge >= 0.3 is 5.97 Å². The average Bonchev–Trinajstić information content (AvgIpc) is 2.87. The number of carbonyl (C=O) groups is 2. The van der Waals surface area contributed by atoms with Crippen LogP contribution >= 0.6 is 0 Å². The van der Waals surface area contributed by atoms with Crippen molar-refractivity contribution in [3.05, 3.63) is 77.1 Å². The third-order valence-electron chi connectivity index (χ3n) is 6.45. The highest BCUT2D eigenvalue weighted by atomic mass is 16.5. The summed E-state index contributed by atoms with van der Waals surface area (Å²) in [5, 5.41) is 3.23. The fraction of sp³-hybridized carbons (Fsp3) is 0.357. The van der Waals surface area contributed by atoms with Gasteiger partial charge in [0, 0.05) is 34.9 Å². The second-order valence-electron chi connectivity index (χ2n) is 8.56. The van der Waals surface area contributed by atoms with E-state index >= 15 is 0 Å². The van der Waals surface area contributed by atoms with E-state index < -0.39 is 17.8 Å². The number of ketones is 1. The lowest BCUT2D eigenvalue weighted by atomic mass is 9.71. The number of Topliss-reactive ketones (excluding diaryl/α,β-unsaturated/α-hetero) is 1. The van der Waals surface area contributed by atoms with Crippen molar-refractivity contribution in [1.29, 1.82) is 0 Å². The first-order valence-corrected chi connectivity index (χ1v) is 11.8. The van der Waals surface area contributed by atoms with Crippen LogP contribution in [0.1, 0.15) is 43.2 Å². The maximum Gasteiger partial charge on any atom is 0.315 e. The lowest BCUT2D eigenvalue weighted by molar-refractivity contribution is -0.147. The Bertz CT molecular complexity index is 1150. The van der Waals surface area contributed by atoms with Crippen LogP contribution in [-0.2, 0) is 20.9 Å². The lowest BCUT2D eigenvalue weighted by Gasteiger charge is -2.38. The zero-order chi connectivity index (χ0) is 24.9. The third-order valence-corrected chi connectivity index (χ3v) is 6.45. The Morgan fingerprint density at radius 3 is 2.49 bits per heavy atom. The molecule has 2 aliphatic rings. The molecule has 0 spiro atoms. The van der Waals surface area contributed by atoms with E-state index in [1.165, 1.54) is 0 Å². The normalized spacial score (nSPS) is 19.5. The van der Waals surface area contributed by atoms with Crippen molar-refractivity contribution >= 4 is 11.8 Å². The van der Waals surface area contributed by atoms with E-state index in [-0.39, 0.29) is 12.4 Å². The van der Waals surface area contributed by atoms with Crippen molar-refractivity contribution in [2.24, 2.45) is 5.92 Å². The molecular formula is C28H31NO6. The number of hydrogen-bond donors (Lipinski definition) is 1. The number of esters is 1. The van der Waals surface area contributed by atoms with Gasteiger partial charge in [0.1, 0.15) is 29.8 Å². The maximum atomic E-state index is 13.0. The molecule has 2 aromatic rings. The molecule has 2 unspecified atom stereocenters. The lowest BCUT2D eigenvalue weighted by Crippen LogP contribution is -2.41. The zero-order valence-corrected chi connectivity index (χ0v) is 20.4. The Morgan fingerprint density at radius 1 is 1.06 bits per heavy atom. The summed E-state index contributed by atoms with van der Waals surface area (Å²) >= 11 is 0. The van der Waals surface area contributed by atoms with Crippen LogP contribution in [0.2, 0.25) is 0 Å². The molecule has 7 heteroatoms. The van der Waals surface area contributed by atoms with Crippen LogP contribution < -0.4 is 19.5 Å². The summed E-state index contributed by atoms with van der Waals surface area (Å²) in [4.78, 5) is 26.0. The van der Waals surface area contributed by atoms with E-state index in [2.05, 4.69) is 11.9 Å². The Morgan fingerprint density at radius 2 is 1.80 bits per heavy atom. The molecular weight excluding hydrogens is 446 g/mol. The van der Waals surface area contributed by atoms with Crippen molar-refractivity contribution in [1.82, 2.24) is 5.32 Å². The van der Waals surface area contributed by atoms with Crippen LogP contribution in [0, 0.1) is 5.92 Å². The van der Waals surface area contributed by atoms with E-state index in [9.17, 15) is 9.59 Å². The summed E-state index contributed by atoms with van der Waals surface area (Å²) in [6.45, 7) is 6.42. The molecule has 0 amide bonds. The van der Waals surface area contributed by atoms with Crippen molar-refractivity contribution < 1.29 is 28.5 Å². The number of methoxy groups -OCH3 is 2. The first-order valence-electron chi connectivity index (χ1n) is 11.8. The molecule has 2 aromatic carbocycles. The van der Waals surface area contributed by atoms with E-state index in [1.54, 1.807) is 21.1 Å². The van der Waals surface area contributed by atoms with E-state index in [0.29, 0.717) is 35.8 Å². The zero-order valence-electron chi connectivity index (χ0n) is 20.4. The summed E-state index contributed by atoms with van der Waals surface area (Å²) in [5.41, 5.74) is 3.69. The van der Waals surface area contributed by atoms with Crippen LogP contribution in [0.5, 0.6) is 17.2 Å². The van der Waals surface area contributed by atoms with Gasteiger partial charge in [0.05, 0.1) is 20.8 Å². The van der Waals surface area contributed by atoms with Gasteiger partial charge in [-0.05, 0) is 55.7 Å². The average molecular weight is 478 g/mol. The molecule has 1 aliphatic carbocycles. The van der Waals surface area contributed by atoms with E-state index in [4.69, 9.17) is 18.9 Å².